The first-order valence-electron chi connectivity index (χ1n) is 8.03. The van der Waals surface area contributed by atoms with Gasteiger partial charge in [-0.25, -0.2) is 0 Å². The molecule has 1 saturated carbocycles. The molecular weight excluding hydrogens is 365 g/mol. The van der Waals surface area contributed by atoms with Crippen LogP contribution in [0.4, 0.5) is 5.69 Å². The Kier molecular flexibility index (Phi) is 5.79. The molecule has 1 fully saturated rings. The van der Waals surface area contributed by atoms with Crippen molar-refractivity contribution in [2.45, 2.75) is 37.9 Å². The number of nitrogens with one attached hydrogen (secondary N) is 1. The lowest BCUT2D eigenvalue weighted by molar-refractivity contribution is -0.148. The van der Waals surface area contributed by atoms with Gasteiger partial charge in [0.1, 0.15) is 9.75 Å². The third kappa shape index (κ3) is 4.73. The minimum atomic E-state index is -1.12. The molecule has 1 aliphatic carbocycles. The zero-order chi connectivity index (χ0) is 18.8. The highest BCUT2D eigenvalue weighted by molar-refractivity contribution is 6.53. The van der Waals surface area contributed by atoms with Crippen molar-refractivity contribution in [2.75, 3.05) is 11.9 Å². The first kappa shape index (κ1) is 19.7. The van der Waals surface area contributed by atoms with Crippen LogP contribution in [-0.4, -0.2) is 28.6 Å². The predicted molar refractivity (Wildman–Crippen MR) is 97.0 cm³/mol. The van der Waals surface area contributed by atoms with Gasteiger partial charge in [-0.1, -0.05) is 13.8 Å². The molecule has 0 bridgehead atoms. The number of hydrogen-bond donors (Lipinski definition) is 1. The van der Waals surface area contributed by atoms with Crippen LogP contribution < -0.4 is 5.32 Å². The van der Waals surface area contributed by atoms with Crippen LogP contribution in [0, 0.1) is 11.3 Å². The number of amides is 1. The van der Waals surface area contributed by atoms with E-state index in [0.29, 0.717) is 24.1 Å². The summed E-state index contributed by atoms with van der Waals surface area (Å²) in [6.07, 6.45) is 0.735. The van der Waals surface area contributed by atoms with Gasteiger partial charge in [0.05, 0.1) is 0 Å². The van der Waals surface area contributed by atoms with Crippen molar-refractivity contribution in [1.82, 2.24) is 0 Å². The zero-order valence-corrected chi connectivity index (χ0v) is 15.9. The summed E-state index contributed by atoms with van der Waals surface area (Å²) < 4.78 is 3.91. The maximum Gasteiger partial charge on any atom is 0.315 e. The number of ether oxygens (including phenoxy) is 1. The van der Waals surface area contributed by atoms with Crippen LogP contribution in [0.5, 0.6) is 0 Å². The summed E-state index contributed by atoms with van der Waals surface area (Å²) in [7, 11) is 0. The fraction of sp³-hybridized carbons (Fsp3) is 0.500. The molecule has 1 N–H and O–H groups in total. The molecule has 1 aromatic carbocycles. The van der Waals surface area contributed by atoms with Crippen molar-refractivity contribution >= 4 is 46.5 Å². The van der Waals surface area contributed by atoms with Gasteiger partial charge in [-0.3, -0.25) is 14.4 Å². The average molecular weight is 386 g/mol. The summed E-state index contributed by atoms with van der Waals surface area (Å²) in [5.74, 6) is -0.731. The third-order valence-corrected chi connectivity index (χ3v) is 5.23. The first-order valence-corrected chi connectivity index (χ1v) is 8.79. The molecule has 0 saturated heterocycles. The normalized spacial score (nSPS) is 20.9. The molecule has 136 valence electrons. The molecule has 0 spiro atoms. The minimum Gasteiger partial charge on any atom is -0.457 e. The molecule has 0 radical (unpaired) electrons. The van der Waals surface area contributed by atoms with E-state index >= 15 is 0 Å². The summed E-state index contributed by atoms with van der Waals surface area (Å²) in [4.78, 5) is 35.8. The number of halogens is 2. The molecule has 0 aliphatic heterocycles. The number of carbonyl (C=O) groups is 3. The van der Waals surface area contributed by atoms with E-state index in [4.69, 9.17) is 27.9 Å². The van der Waals surface area contributed by atoms with Gasteiger partial charge in [0.25, 0.3) is 0 Å². The SMILES string of the molecule is CC(C)CC(=O)Nc1ccc(C(=O)COC(=O)[C@]2(C)CC2(Cl)Cl)cc1. The van der Waals surface area contributed by atoms with Gasteiger partial charge >= 0.3 is 5.97 Å². The summed E-state index contributed by atoms with van der Waals surface area (Å²) in [6, 6.07) is 6.43. The summed E-state index contributed by atoms with van der Waals surface area (Å²) in [5, 5.41) is 2.76. The van der Waals surface area contributed by atoms with Gasteiger partial charge in [0.2, 0.25) is 5.91 Å². The van der Waals surface area contributed by atoms with Crippen LogP contribution in [0.1, 0.15) is 44.0 Å². The lowest BCUT2D eigenvalue weighted by Gasteiger charge is -2.11. The molecule has 1 aromatic rings. The molecule has 25 heavy (non-hydrogen) atoms. The number of hydrogen-bond acceptors (Lipinski definition) is 4. The number of Topliss-reactive ketones (excluding diaryl/α,β-unsaturated/α-hetero) is 1. The molecule has 1 aliphatic rings. The third-order valence-electron chi connectivity index (χ3n) is 4.13. The number of alkyl halides is 2. The number of carbonyl (C=O) groups excluding carboxylic acids is 3. The Labute approximate surface area is 157 Å². The molecule has 7 heteroatoms. The van der Waals surface area contributed by atoms with Crippen LogP contribution in [0.2, 0.25) is 0 Å². The molecule has 0 aromatic heterocycles. The summed E-state index contributed by atoms with van der Waals surface area (Å²) in [6.45, 7) is 5.15. The molecular formula is C18H21Cl2NO4. The maximum atomic E-state index is 12.1. The molecule has 0 heterocycles. The van der Waals surface area contributed by atoms with E-state index in [1.165, 1.54) is 0 Å². The zero-order valence-electron chi connectivity index (χ0n) is 14.4. The molecule has 0 unspecified atom stereocenters. The topological polar surface area (TPSA) is 72.5 Å². The van der Waals surface area contributed by atoms with E-state index in [2.05, 4.69) is 5.32 Å². The van der Waals surface area contributed by atoms with Gasteiger partial charge in [-0.2, -0.15) is 0 Å². The quantitative estimate of drug-likeness (QED) is 0.437. The number of ketones is 1. The number of rotatable bonds is 7. The van der Waals surface area contributed by atoms with Crippen molar-refractivity contribution in [3.63, 3.8) is 0 Å². The highest BCUT2D eigenvalue weighted by Crippen LogP contribution is 2.64. The van der Waals surface area contributed by atoms with E-state index in [0.717, 1.165) is 0 Å². The van der Waals surface area contributed by atoms with Crippen molar-refractivity contribution < 1.29 is 19.1 Å². The van der Waals surface area contributed by atoms with Crippen LogP contribution >= 0.6 is 23.2 Å². The van der Waals surface area contributed by atoms with Crippen LogP contribution in [-0.2, 0) is 14.3 Å². The second-order valence-corrected chi connectivity index (χ2v) is 8.42. The van der Waals surface area contributed by atoms with Crippen LogP contribution in [0.3, 0.4) is 0 Å². The van der Waals surface area contributed by atoms with Crippen molar-refractivity contribution in [3.05, 3.63) is 29.8 Å². The van der Waals surface area contributed by atoms with Crippen LogP contribution in [0.25, 0.3) is 0 Å². The second kappa shape index (κ2) is 7.34. The Morgan fingerprint density at radius 3 is 2.24 bits per heavy atom. The summed E-state index contributed by atoms with van der Waals surface area (Å²) in [5.41, 5.74) is 0.0402. The standard InChI is InChI=1S/C18H21Cl2NO4/c1-11(2)8-15(23)21-13-6-4-12(5-7-13)14(22)9-25-16(24)17(3)10-18(17,19)20/h4-7,11H,8-10H2,1-3H3,(H,21,23)/t17-/m0/s1. The Morgan fingerprint density at radius 2 is 1.76 bits per heavy atom. The van der Waals surface area contributed by atoms with Gasteiger partial charge in [0, 0.05) is 24.1 Å². The van der Waals surface area contributed by atoms with E-state index in [1.807, 2.05) is 13.8 Å². The first-order chi connectivity index (χ1) is 11.5. The lowest BCUT2D eigenvalue weighted by atomic mass is 10.1. The molecule has 1 atom stereocenters. The highest BCUT2D eigenvalue weighted by Gasteiger charge is 2.69. The fourth-order valence-corrected chi connectivity index (χ4v) is 3.01. The van der Waals surface area contributed by atoms with E-state index in [9.17, 15) is 14.4 Å². The molecule has 1 amide bonds. The van der Waals surface area contributed by atoms with Gasteiger partial charge in [-0.05, 0) is 37.1 Å². The Bertz CT molecular complexity index is 685. The smallest absolute Gasteiger partial charge is 0.315 e. The lowest BCUT2D eigenvalue weighted by Crippen LogP contribution is -2.24. The Hall–Kier alpha value is -1.59. The van der Waals surface area contributed by atoms with E-state index < -0.39 is 15.7 Å². The Morgan fingerprint density at radius 1 is 1.20 bits per heavy atom. The highest BCUT2D eigenvalue weighted by atomic mass is 35.5. The second-order valence-electron chi connectivity index (χ2n) is 6.94. The fourth-order valence-electron chi connectivity index (χ4n) is 2.32. The Balaban J connectivity index is 1.86. The molecule has 2 rings (SSSR count). The van der Waals surface area contributed by atoms with Crippen molar-refractivity contribution in [2.24, 2.45) is 11.3 Å². The van der Waals surface area contributed by atoms with E-state index in [-0.39, 0.29) is 24.2 Å². The van der Waals surface area contributed by atoms with Crippen molar-refractivity contribution in [1.29, 1.82) is 0 Å². The number of benzene rings is 1. The number of anilines is 1. The largest absolute Gasteiger partial charge is 0.457 e. The average Bonchev–Trinajstić information content (AvgIpc) is 3.04. The maximum absolute atomic E-state index is 12.1. The molecule has 5 nitrogen and oxygen atoms in total. The monoisotopic (exact) mass is 385 g/mol. The van der Waals surface area contributed by atoms with Gasteiger partial charge in [-0.15, -0.1) is 23.2 Å². The van der Waals surface area contributed by atoms with Gasteiger partial charge in [0.15, 0.2) is 12.4 Å². The van der Waals surface area contributed by atoms with Crippen molar-refractivity contribution in [3.8, 4) is 0 Å². The summed E-state index contributed by atoms with van der Waals surface area (Å²) >= 11 is 11.8. The number of esters is 1. The minimum absolute atomic E-state index is 0.0775. The van der Waals surface area contributed by atoms with E-state index in [1.54, 1.807) is 31.2 Å². The van der Waals surface area contributed by atoms with Crippen LogP contribution in [0.15, 0.2) is 24.3 Å². The van der Waals surface area contributed by atoms with Gasteiger partial charge < -0.3 is 10.1 Å². The predicted octanol–water partition coefficient (Wildman–Crippen LogP) is 3.98.